The highest BCUT2D eigenvalue weighted by Crippen LogP contribution is 2.24. The van der Waals surface area contributed by atoms with Gasteiger partial charge in [0, 0.05) is 56.9 Å². The fourth-order valence-electron chi connectivity index (χ4n) is 4.18. The zero-order valence-corrected chi connectivity index (χ0v) is 21.8. The number of guanidine groups is 1. The first-order valence-corrected chi connectivity index (χ1v) is 12.2. The minimum Gasteiger partial charge on any atom is -0.490 e. The molecule has 32 heavy (non-hydrogen) atoms. The van der Waals surface area contributed by atoms with E-state index in [1.807, 2.05) is 35.2 Å². The summed E-state index contributed by atoms with van der Waals surface area (Å²) in [4.78, 5) is 23.1. The predicted octanol–water partition coefficient (Wildman–Crippen LogP) is 4.15. The third-order valence-corrected chi connectivity index (χ3v) is 6.89. The Hall–Kier alpha value is -1.81. The number of hydrogen-bond acceptors (Lipinski definition) is 4. The number of hydrogen-bond donors (Lipinski definition) is 1. The molecule has 0 bridgehead atoms. The summed E-state index contributed by atoms with van der Waals surface area (Å²) in [6.07, 6.45) is 3.61. The first-order chi connectivity index (χ1) is 15.2. The number of halogens is 1. The summed E-state index contributed by atoms with van der Waals surface area (Å²) >= 11 is 1.80. The van der Waals surface area contributed by atoms with E-state index in [2.05, 4.69) is 28.6 Å². The standard InChI is InChI=1S/C24H32N4O2S.HI/c1-2-25-24(27-14-9-21(10-15-27)30-20-6-4-3-5-7-20)26-13-8-23(29)28-16-11-22-19(18-28)12-17-31-22;/h3-7,12,17,21H,2,8-11,13-16,18H2,1H3,(H,25,26);1H. The van der Waals surface area contributed by atoms with Crippen LogP contribution < -0.4 is 10.1 Å². The molecule has 3 heterocycles. The monoisotopic (exact) mass is 568 g/mol. The summed E-state index contributed by atoms with van der Waals surface area (Å²) in [6.45, 7) is 6.81. The van der Waals surface area contributed by atoms with Crippen LogP contribution in [0, 0.1) is 0 Å². The molecule has 4 rings (SSSR count). The number of benzene rings is 1. The van der Waals surface area contributed by atoms with Crippen LogP contribution in [0.3, 0.4) is 0 Å². The molecule has 8 heteroatoms. The van der Waals surface area contributed by atoms with E-state index in [0.717, 1.165) is 63.7 Å². The number of ether oxygens (including phenoxy) is 1. The lowest BCUT2D eigenvalue weighted by molar-refractivity contribution is -0.131. The van der Waals surface area contributed by atoms with Crippen molar-refractivity contribution in [2.75, 3.05) is 32.7 Å². The van der Waals surface area contributed by atoms with Gasteiger partial charge in [0.1, 0.15) is 11.9 Å². The Bertz CT molecular complexity index is 881. The second-order valence-corrected chi connectivity index (χ2v) is 9.04. The molecule has 1 aromatic heterocycles. The van der Waals surface area contributed by atoms with Gasteiger partial charge >= 0.3 is 0 Å². The van der Waals surface area contributed by atoms with Crippen molar-refractivity contribution >= 4 is 47.2 Å². The van der Waals surface area contributed by atoms with Gasteiger partial charge in [0.15, 0.2) is 5.96 Å². The summed E-state index contributed by atoms with van der Waals surface area (Å²) in [5.41, 5.74) is 1.31. The molecule has 2 aliphatic rings. The smallest absolute Gasteiger partial charge is 0.224 e. The Morgan fingerprint density at radius 3 is 2.69 bits per heavy atom. The number of amides is 1. The molecule has 6 nitrogen and oxygen atoms in total. The first kappa shape index (κ1) is 24.8. The quantitative estimate of drug-likeness (QED) is 0.323. The summed E-state index contributed by atoms with van der Waals surface area (Å²) in [5, 5.41) is 5.52. The lowest BCUT2D eigenvalue weighted by Crippen LogP contribution is -2.47. The van der Waals surface area contributed by atoms with Crippen LogP contribution in [0.5, 0.6) is 5.75 Å². The van der Waals surface area contributed by atoms with E-state index < -0.39 is 0 Å². The molecule has 2 aromatic rings. The second-order valence-electron chi connectivity index (χ2n) is 8.04. The van der Waals surface area contributed by atoms with Crippen LogP contribution in [0.2, 0.25) is 0 Å². The van der Waals surface area contributed by atoms with Crippen LogP contribution in [0.25, 0.3) is 0 Å². The van der Waals surface area contributed by atoms with Gasteiger partial charge in [-0.25, -0.2) is 0 Å². The molecule has 0 saturated carbocycles. The highest BCUT2D eigenvalue weighted by atomic mass is 127. The second kappa shape index (κ2) is 12.4. The number of piperidine rings is 1. The topological polar surface area (TPSA) is 57.2 Å². The minimum atomic E-state index is 0. The molecule has 1 fully saturated rings. The van der Waals surface area contributed by atoms with Gasteiger partial charge in [0.05, 0.1) is 6.54 Å². The number of rotatable bonds is 6. The Balaban J connectivity index is 0.00000289. The third-order valence-electron chi connectivity index (χ3n) is 5.87. The van der Waals surface area contributed by atoms with Gasteiger partial charge in [0.25, 0.3) is 0 Å². The van der Waals surface area contributed by atoms with Gasteiger partial charge in [0.2, 0.25) is 5.91 Å². The number of thiophene rings is 1. The molecule has 1 aromatic carbocycles. The largest absolute Gasteiger partial charge is 0.490 e. The maximum atomic E-state index is 12.7. The third kappa shape index (κ3) is 6.60. The Morgan fingerprint density at radius 1 is 1.16 bits per heavy atom. The van der Waals surface area contributed by atoms with Crippen LogP contribution in [0.1, 0.15) is 36.6 Å². The molecule has 1 amide bonds. The van der Waals surface area contributed by atoms with Crippen molar-refractivity contribution in [1.82, 2.24) is 15.1 Å². The molecule has 1 N–H and O–H groups in total. The average molecular weight is 569 g/mol. The van der Waals surface area contributed by atoms with Crippen molar-refractivity contribution in [3.63, 3.8) is 0 Å². The molecular weight excluding hydrogens is 535 g/mol. The summed E-state index contributed by atoms with van der Waals surface area (Å²) in [6, 6.07) is 12.2. The van der Waals surface area contributed by atoms with E-state index in [1.54, 1.807) is 11.3 Å². The van der Waals surface area contributed by atoms with E-state index in [1.165, 1.54) is 10.4 Å². The number of nitrogens with one attached hydrogen (secondary N) is 1. The van der Waals surface area contributed by atoms with Crippen molar-refractivity contribution < 1.29 is 9.53 Å². The van der Waals surface area contributed by atoms with Crippen LogP contribution in [0.4, 0.5) is 0 Å². The average Bonchev–Trinajstić information content (AvgIpc) is 3.28. The number of aliphatic imine (C=N–C) groups is 1. The number of fused-ring (bicyclic) bond motifs is 1. The molecule has 2 aliphatic heterocycles. The molecule has 0 radical (unpaired) electrons. The lowest BCUT2D eigenvalue weighted by atomic mass is 10.1. The van der Waals surface area contributed by atoms with Crippen LogP contribution in [-0.4, -0.2) is 60.5 Å². The fourth-order valence-corrected chi connectivity index (χ4v) is 5.07. The van der Waals surface area contributed by atoms with Crippen LogP contribution in [0.15, 0.2) is 46.8 Å². The van der Waals surface area contributed by atoms with Crippen molar-refractivity contribution in [3.8, 4) is 5.75 Å². The molecule has 1 saturated heterocycles. The van der Waals surface area contributed by atoms with Crippen molar-refractivity contribution in [1.29, 1.82) is 0 Å². The van der Waals surface area contributed by atoms with Crippen molar-refractivity contribution in [2.45, 2.75) is 45.3 Å². The normalized spacial score (nSPS) is 16.8. The van der Waals surface area contributed by atoms with E-state index in [0.29, 0.717) is 13.0 Å². The maximum absolute atomic E-state index is 12.7. The molecule has 174 valence electrons. The summed E-state index contributed by atoms with van der Waals surface area (Å²) < 4.78 is 6.11. The lowest BCUT2D eigenvalue weighted by Gasteiger charge is -2.34. The van der Waals surface area contributed by atoms with E-state index in [-0.39, 0.29) is 36.0 Å². The van der Waals surface area contributed by atoms with Crippen LogP contribution >= 0.6 is 35.3 Å². The highest BCUT2D eigenvalue weighted by molar-refractivity contribution is 14.0. The Kier molecular flexibility index (Phi) is 9.65. The minimum absolute atomic E-state index is 0. The van der Waals surface area contributed by atoms with Gasteiger partial charge in [-0.3, -0.25) is 9.79 Å². The number of likely N-dealkylation sites (tertiary alicyclic amines) is 1. The molecule has 0 aliphatic carbocycles. The van der Waals surface area contributed by atoms with Gasteiger partial charge in [-0.2, -0.15) is 0 Å². The van der Waals surface area contributed by atoms with Crippen molar-refractivity contribution in [2.24, 2.45) is 4.99 Å². The zero-order valence-electron chi connectivity index (χ0n) is 18.7. The highest BCUT2D eigenvalue weighted by Gasteiger charge is 2.24. The zero-order chi connectivity index (χ0) is 21.5. The van der Waals surface area contributed by atoms with E-state index in [4.69, 9.17) is 9.73 Å². The number of para-hydroxylation sites is 1. The molecule has 0 atom stereocenters. The number of carbonyl (C=O) groups is 1. The SMILES string of the molecule is CCNC(=NCCC(=O)N1CCc2sccc2C1)N1CCC(Oc2ccccc2)CC1.I. The molecular formula is C24H33IN4O2S. The summed E-state index contributed by atoms with van der Waals surface area (Å²) in [7, 11) is 0. The number of nitrogens with zero attached hydrogens (tertiary/aromatic N) is 3. The summed E-state index contributed by atoms with van der Waals surface area (Å²) in [5.74, 6) is 2.05. The van der Waals surface area contributed by atoms with Gasteiger partial charge in [-0.15, -0.1) is 35.3 Å². The molecule has 0 spiro atoms. The first-order valence-electron chi connectivity index (χ1n) is 11.3. The maximum Gasteiger partial charge on any atom is 0.224 e. The van der Waals surface area contributed by atoms with Gasteiger partial charge in [-0.05, 0) is 42.5 Å². The fraction of sp³-hybridized carbons (Fsp3) is 0.500. The van der Waals surface area contributed by atoms with E-state index >= 15 is 0 Å². The van der Waals surface area contributed by atoms with Crippen molar-refractivity contribution in [3.05, 3.63) is 52.2 Å². The van der Waals surface area contributed by atoms with Gasteiger partial charge in [-0.1, -0.05) is 18.2 Å². The van der Waals surface area contributed by atoms with Gasteiger partial charge < -0.3 is 19.9 Å². The Morgan fingerprint density at radius 2 is 1.94 bits per heavy atom. The Labute approximate surface area is 212 Å². The van der Waals surface area contributed by atoms with E-state index in [9.17, 15) is 4.79 Å². The van der Waals surface area contributed by atoms with Crippen LogP contribution in [-0.2, 0) is 17.8 Å². The predicted molar refractivity (Wildman–Crippen MR) is 141 cm³/mol. The molecule has 0 unspecified atom stereocenters. The number of carbonyl (C=O) groups excluding carboxylic acids is 1.